The molecule has 0 atom stereocenters. The topological polar surface area (TPSA) is 72.4 Å². The number of benzene rings is 1. The van der Waals surface area contributed by atoms with E-state index >= 15 is 0 Å². The van der Waals surface area contributed by atoms with Gasteiger partial charge in [0.15, 0.2) is 0 Å². The third-order valence-electron chi connectivity index (χ3n) is 2.86. The van der Waals surface area contributed by atoms with Crippen molar-refractivity contribution in [2.24, 2.45) is 0 Å². The number of unbranched alkanes of at least 4 members (excludes halogenated alkanes) is 2. The van der Waals surface area contributed by atoms with Gasteiger partial charge in [-0.3, -0.25) is 14.5 Å². The summed E-state index contributed by atoms with van der Waals surface area (Å²) in [6, 6.07) is 7.02. The second-order valence-electron chi connectivity index (χ2n) is 4.01. The van der Waals surface area contributed by atoms with Gasteiger partial charge in [0.2, 0.25) is 0 Å². The summed E-state index contributed by atoms with van der Waals surface area (Å²) in [5, 5.41) is 0. The zero-order chi connectivity index (χ0) is 11.5. The fourth-order valence-corrected chi connectivity index (χ4v) is 1.96. The fourth-order valence-electron chi connectivity index (χ4n) is 1.96. The van der Waals surface area contributed by atoms with Crippen LogP contribution in [0.4, 0.5) is 0 Å². The molecule has 2 rings (SSSR count). The van der Waals surface area contributed by atoms with Crippen molar-refractivity contribution in [3.8, 4) is 0 Å². The number of carbonyl (C=O) groups is 2. The number of fused-ring (bicyclic) bond motifs is 1. The number of hydrogen-bond donors (Lipinski definition) is 1. The van der Waals surface area contributed by atoms with Crippen molar-refractivity contribution in [2.75, 3.05) is 6.54 Å². The lowest BCUT2D eigenvalue weighted by atomic mass is 10.1. The molecule has 1 heterocycles. The van der Waals surface area contributed by atoms with Crippen LogP contribution in [-0.4, -0.2) is 23.3 Å². The van der Waals surface area contributed by atoms with Gasteiger partial charge < -0.3 is 6.15 Å². The summed E-state index contributed by atoms with van der Waals surface area (Å²) < 4.78 is 0. The molecule has 0 fully saturated rings. The summed E-state index contributed by atoms with van der Waals surface area (Å²) in [7, 11) is 0. The van der Waals surface area contributed by atoms with Gasteiger partial charge in [0.25, 0.3) is 11.8 Å². The first kappa shape index (κ1) is 13.4. The Balaban J connectivity index is 0.00000144. The Morgan fingerprint density at radius 3 is 2.00 bits per heavy atom. The Morgan fingerprint density at radius 2 is 1.53 bits per heavy atom. The van der Waals surface area contributed by atoms with Gasteiger partial charge in [0.05, 0.1) is 11.1 Å². The molecule has 92 valence electrons. The first-order chi connectivity index (χ1) is 7.75. The number of nitrogens with zero attached hydrogens (tertiary/aromatic N) is 1. The molecule has 0 aromatic heterocycles. The predicted molar refractivity (Wildman–Crippen MR) is 66.4 cm³/mol. The molecule has 0 saturated heterocycles. The summed E-state index contributed by atoms with van der Waals surface area (Å²) in [6.07, 6.45) is 3.03. The lowest BCUT2D eigenvalue weighted by Crippen LogP contribution is -2.30. The van der Waals surface area contributed by atoms with Crippen LogP contribution in [0, 0.1) is 0 Å². The average molecular weight is 234 g/mol. The van der Waals surface area contributed by atoms with Gasteiger partial charge >= 0.3 is 0 Å². The number of carbonyl (C=O) groups excluding carboxylic acids is 2. The molecule has 0 bridgehead atoms. The minimum Gasteiger partial charge on any atom is -0.344 e. The molecule has 0 aliphatic carbocycles. The van der Waals surface area contributed by atoms with E-state index in [4.69, 9.17) is 0 Å². The molecule has 2 amide bonds. The van der Waals surface area contributed by atoms with E-state index in [1.54, 1.807) is 24.3 Å². The van der Waals surface area contributed by atoms with Crippen LogP contribution >= 0.6 is 0 Å². The maximum atomic E-state index is 11.9. The summed E-state index contributed by atoms with van der Waals surface area (Å²) in [5.41, 5.74) is 1.09. The molecule has 0 unspecified atom stereocenters. The van der Waals surface area contributed by atoms with E-state index < -0.39 is 0 Å². The standard InChI is InChI=1S/C13H15NO2.H3N/c1-2-3-6-9-14-12(15)10-7-4-5-8-11(10)13(14)16;/h4-5,7-8H,2-3,6,9H2,1H3;1H3. The van der Waals surface area contributed by atoms with Gasteiger partial charge in [-0.15, -0.1) is 0 Å². The number of hydrogen-bond acceptors (Lipinski definition) is 3. The molecule has 0 spiro atoms. The molecule has 17 heavy (non-hydrogen) atoms. The third-order valence-corrected chi connectivity index (χ3v) is 2.86. The zero-order valence-electron chi connectivity index (χ0n) is 10.1. The average Bonchev–Trinajstić information content (AvgIpc) is 2.55. The van der Waals surface area contributed by atoms with Gasteiger partial charge in [-0.1, -0.05) is 31.9 Å². The van der Waals surface area contributed by atoms with Crippen molar-refractivity contribution in [3.63, 3.8) is 0 Å². The zero-order valence-corrected chi connectivity index (χ0v) is 10.1. The summed E-state index contributed by atoms with van der Waals surface area (Å²) in [4.78, 5) is 25.2. The Kier molecular flexibility index (Phi) is 4.40. The monoisotopic (exact) mass is 234 g/mol. The van der Waals surface area contributed by atoms with E-state index in [1.165, 1.54) is 4.90 Å². The maximum Gasteiger partial charge on any atom is 0.261 e. The lowest BCUT2D eigenvalue weighted by molar-refractivity contribution is 0.0651. The van der Waals surface area contributed by atoms with Crippen LogP contribution in [-0.2, 0) is 0 Å². The van der Waals surface area contributed by atoms with Gasteiger partial charge in [-0.2, -0.15) is 0 Å². The quantitative estimate of drug-likeness (QED) is 0.643. The summed E-state index contributed by atoms with van der Waals surface area (Å²) in [6.45, 7) is 2.64. The maximum absolute atomic E-state index is 11.9. The van der Waals surface area contributed by atoms with Crippen LogP contribution in [0.2, 0.25) is 0 Å². The van der Waals surface area contributed by atoms with Crippen molar-refractivity contribution >= 4 is 11.8 Å². The third kappa shape index (κ3) is 2.36. The van der Waals surface area contributed by atoms with Crippen LogP contribution in [0.25, 0.3) is 0 Å². The van der Waals surface area contributed by atoms with E-state index in [-0.39, 0.29) is 18.0 Å². The second-order valence-corrected chi connectivity index (χ2v) is 4.01. The van der Waals surface area contributed by atoms with E-state index in [0.717, 1.165) is 19.3 Å². The summed E-state index contributed by atoms with van der Waals surface area (Å²) >= 11 is 0. The van der Waals surface area contributed by atoms with E-state index in [9.17, 15) is 9.59 Å². The second kappa shape index (κ2) is 5.59. The molecular formula is C13H18N2O2. The number of imide groups is 1. The van der Waals surface area contributed by atoms with E-state index in [1.807, 2.05) is 0 Å². The molecule has 1 aliphatic rings. The van der Waals surface area contributed by atoms with Crippen LogP contribution in [0.15, 0.2) is 24.3 Å². The SMILES string of the molecule is CCCCCN1C(=O)c2ccccc2C1=O.N. The molecule has 0 saturated carbocycles. The highest BCUT2D eigenvalue weighted by molar-refractivity contribution is 6.21. The van der Waals surface area contributed by atoms with Crippen molar-refractivity contribution in [3.05, 3.63) is 35.4 Å². The molecule has 1 aromatic carbocycles. The number of rotatable bonds is 4. The molecular weight excluding hydrogens is 216 g/mol. The van der Waals surface area contributed by atoms with Gasteiger partial charge in [0, 0.05) is 6.54 Å². The Bertz CT molecular complexity index is 394. The van der Waals surface area contributed by atoms with E-state index in [0.29, 0.717) is 17.7 Å². The lowest BCUT2D eigenvalue weighted by Gasteiger charge is -2.12. The molecule has 4 nitrogen and oxygen atoms in total. The van der Waals surface area contributed by atoms with E-state index in [2.05, 4.69) is 6.92 Å². The first-order valence-electron chi connectivity index (χ1n) is 5.71. The molecule has 3 N–H and O–H groups in total. The molecule has 0 radical (unpaired) electrons. The minimum atomic E-state index is -0.142. The largest absolute Gasteiger partial charge is 0.344 e. The van der Waals surface area contributed by atoms with Crippen molar-refractivity contribution in [1.29, 1.82) is 0 Å². The Labute approximate surface area is 101 Å². The number of amides is 2. The van der Waals surface area contributed by atoms with Crippen LogP contribution in [0.1, 0.15) is 46.9 Å². The van der Waals surface area contributed by atoms with Crippen molar-refractivity contribution in [2.45, 2.75) is 26.2 Å². The Hall–Kier alpha value is -1.68. The molecule has 1 aliphatic heterocycles. The predicted octanol–water partition coefficient (Wildman–Crippen LogP) is 2.63. The highest BCUT2D eigenvalue weighted by atomic mass is 16.2. The highest BCUT2D eigenvalue weighted by Crippen LogP contribution is 2.22. The molecule has 1 aromatic rings. The van der Waals surface area contributed by atoms with Crippen LogP contribution < -0.4 is 6.15 Å². The van der Waals surface area contributed by atoms with Crippen molar-refractivity contribution < 1.29 is 9.59 Å². The fraction of sp³-hybridized carbons (Fsp3) is 0.385. The Morgan fingerprint density at radius 1 is 1.00 bits per heavy atom. The van der Waals surface area contributed by atoms with Crippen LogP contribution in [0.3, 0.4) is 0 Å². The first-order valence-corrected chi connectivity index (χ1v) is 5.71. The minimum absolute atomic E-state index is 0. The van der Waals surface area contributed by atoms with Gasteiger partial charge in [0.1, 0.15) is 0 Å². The smallest absolute Gasteiger partial charge is 0.261 e. The van der Waals surface area contributed by atoms with Crippen LogP contribution in [0.5, 0.6) is 0 Å². The van der Waals surface area contributed by atoms with Crippen molar-refractivity contribution in [1.82, 2.24) is 11.1 Å². The van der Waals surface area contributed by atoms with Gasteiger partial charge in [-0.05, 0) is 18.6 Å². The summed E-state index contributed by atoms with van der Waals surface area (Å²) in [5.74, 6) is -0.284. The normalized spacial score (nSPS) is 13.6. The van der Waals surface area contributed by atoms with Gasteiger partial charge in [-0.25, -0.2) is 0 Å². The highest BCUT2D eigenvalue weighted by Gasteiger charge is 2.34. The molecule has 4 heteroatoms.